The Morgan fingerprint density at radius 3 is 2.50 bits per heavy atom. The Hall–Kier alpha value is -2.03. The summed E-state index contributed by atoms with van der Waals surface area (Å²) in [5.74, 6) is 0.753. The molecule has 1 rings (SSSR count). The Balaban J connectivity index is 2.84. The van der Waals surface area contributed by atoms with Gasteiger partial charge in [0.25, 0.3) is 0 Å². The van der Waals surface area contributed by atoms with Crippen molar-refractivity contribution in [2.75, 3.05) is 11.1 Å². The second-order valence-electron chi connectivity index (χ2n) is 3.49. The van der Waals surface area contributed by atoms with Crippen molar-refractivity contribution >= 4 is 17.2 Å². The Labute approximate surface area is 96.4 Å². The Kier molecular flexibility index (Phi) is 4.33. The number of benzene rings is 1. The SMILES string of the molecule is C=C(C)C(=N/C=C\C)Nc1ccc(N)cc1. The van der Waals surface area contributed by atoms with E-state index in [4.69, 9.17) is 5.73 Å². The summed E-state index contributed by atoms with van der Waals surface area (Å²) in [6, 6.07) is 7.50. The third-order valence-electron chi connectivity index (χ3n) is 1.93. The zero-order valence-corrected chi connectivity index (χ0v) is 9.70. The van der Waals surface area contributed by atoms with Crippen molar-refractivity contribution in [1.82, 2.24) is 0 Å². The molecular formula is C13H17N3. The predicted octanol–water partition coefficient (Wildman–Crippen LogP) is 3.19. The van der Waals surface area contributed by atoms with E-state index in [0.29, 0.717) is 0 Å². The number of amidine groups is 1. The Morgan fingerprint density at radius 2 is 2.00 bits per heavy atom. The van der Waals surface area contributed by atoms with Crippen LogP contribution >= 0.6 is 0 Å². The summed E-state index contributed by atoms with van der Waals surface area (Å²) < 4.78 is 0. The number of anilines is 2. The van der Waals surface area contributed by atoms with E-state index in [1.54, 1.807) is 6.20 Å². The van der Waals surface area contributed by atoms with Crippen LogP contribution in [0.5, 0.6) is 0 Å². The molecule has 84 valence electrons. The summed E-state index contributed by atoms with van der Waals surface area (Å²) in [5.41, 5.74) is 8.18. The van der Waals surface area contributed by atoms with Gasteiger partial charge in [-0.3, -0.25) is 0 Å². The maximum Gasteiger partial charge on any atom is 0.132 e. The lowest BCUT2D eigenvalue weighted by Crippen LogP contribution is -2.12. The number of nitrogens with two attached hydrogens (primary N) is 1. The van der Waals surface area contributed by atoms with Gasteiger partial charge < -0.3 is 11.1 Å². The molecule has 0 aromatic heterocycles. The van der Waals surface area contributed by atoms with Crippen LogP contribution in [0.1, 0.15) is 13.8 Å². The minimum absolute atomic E-state index is 0.743. The normalized spacial score (nSPS) is 11.8. The van der Waals surface area contributed by atoms with E-state index in [-0.39, 0.29) is 0 Å². The summed E-state index contributed by atoms with van der Waals surface area (Å²) in [4.78, 5) is 4.25. The molecular weight excluding hydrogens is 198 g/mol. The molecule has 16 heavy (non-hydrogen) atoms. The van der Waals surface area contributed by atoms with Crippen LogP contribution in [-0.4, -0.2) is 5.84 Å². The van der Waals surface area contributed by atoms with E-state index >= 15 is 0 Å². The highest BCUT2D eigenvalue weighted by molar-refractivity contribution is 6.07. The van der Waals surface area contributed by atoms with Gasteiger partial charge in [0.2, 0.25) is 0 Å². The molecule has 0 fully saturated rings. The van der Waals surface area contributed by atoms with E-state index in [2.05, 4.69) is 16.9 Å². The van der Waals surface area contributed by atoms with Gasteiger partial charge >= 0.3 is 0 Å². The van der Waals surface area contributed by atoms with Crippen LogP contribution in [0.25, 0.3) is 0 Å². The van der Waals surface area contributed by atoms with Crippen molar-refractivity contribution in [3.8, 4) is 0 Å². The molecule has 0 heterocycles. The predicted molar refractivity (Wildman–Crippen MR) is 71.5 cm³/mol. The average molecular weight is 215 g/mol. The molecule has 0 spiro atoms. The number of hydrogen-bond donors (Lipinski definition) is 2. The van der Waals surface area contributed by atoms with E-state index in [1.807, 2.05) is 44.2 Å². The highest BCUT2D eigenvalue weighted by Crippen LogP contribution is 2.11. The first-order chi connectivity index (χ1) is 7.63. The van der Waals surface area contributed by atoms with Crippen LogP contribution < -0.4 is 11.1 Å². The van der Waals surface area contributed by atoms with Gasteiger partial charge in [-0.1, -0.05) is 12.7 Å². The second-order valence-corrected chi connectivity index (χ2v) is 3.49. The molecule has 0 bridgehead atoms. The van der Waals surface area contributed by atoms with E-state index in [0.717, 1.165) is 22.8 Å². The van der Waals surface area contributed by atoms with Crippen LogP contribution in [-0.2, 0) is 0 Å². The Bertz CT molecular complexity index is 413. The smallest absolute Gasteiger partial charge is 0.132 e. The molecule has 3 nitrogen and oxygen atoms in total. The molecule has 1 aromatic rings. The number of nitrogen functional groups attached to an aromatic ring is 1. The number of rotatable bonds is 3. The van der Waals surface area contributed by atoms with Crippen molar-refractivity contribution < 1.29 is 0 Å². The van der Waals surface area contributed by atoms with Crippen LogP contribution in [0.3, 0.4) is 0 Å². The third-order valence-corrected chi connectivity index (χ3v) is 1.93. The third kappa shape index (κ3) is 3.61. The lowest BCUT2D eigenvalue weighted by atomic mass is 10.2. The molecule has 0 atom stereocenters. The summed E-state index contributed by atoms with van der Waals surface area (Å²) in [7, 11) is 0. The number of aliphatic imine (C=N–C) groups is 1. The maximum atomic E-state index is 5.61. The number of hydrogen-bond acceptors (Lipinski definition) is 2. The van der Waals surface area contributed by atoms with Crippen LogP contribution in [0.2, 0.25) is 0 Å². The molecule has 0 radical (unpaired) electrons. The fraction of sp³-hybridized carbons (Fsp3) is 0.154. The first kappa shape index (κ1) is 12.0. The molecule has 3 N–H and O–H groups in total. The highest BCUT2D eigenvalue weighted by atomic mass is 15.0. The second kappa shape index (κ2) is 5.75. The van der Waals surface area contributed by atoms with Gasteiger partial charge in [0.1, 0.15) is 5.84 Å². The van der Waals surface area contributed by atoms with E-state index in [9.17, 15) is 0 Å². The quantitative estimate of drug-likeness (QED) is 0.462. The molecule has 0 saturated carbocycles. The Morgan fingerprint density at radius 1 is 1.38 bits per heavy atom. The van der Waals surface area contributed by atoms with Crippen molar-refractivity contribution in [2.24, 2.45) is 4.99 Å². The molecule has 0 aliphatic carbocycles. The lowest BCUT2D eigenvalue weighted by Gasteiger charge is -2.08. The van der Waals surface area contributed by atoms with Crippen LogP contribution in [0, 0.1) is 0 Å². The molecule has 0 aliphatic rings. The minimum atomic E-state index is 0.743. The van der Waals surface area contributed by atoms with Crippen LogP contribution in [0.4, 0.5) is 11.4 Å². The molecule has 1 aromatic carbocycles. The zero-order valence-electron chi connectivity index (χ0n) is 9.70. The van der Waals surface area contributed by atoms with Crippen LogP contribution in [0.15, 0.2) is 53.7 Å². The topological polar surface area (TPSA) is 50.4 Å². The molecule has 3 heteroatoms. The van der Waals surface area contributed by atoms with E-state index in [1.165, 1.54) is 0 Å². The first-order valence-electron chi connectivity index (χ1n) is 5.11. The summed E-state index contributed by atoms with van der Waals surface area (Å²) in [5, 5.41) is 3.18. The van der Waals surface area contributed by atoms with Crippen molar-refractivity contribution in [3.63, 3.8) is 0 Å². The van der Waals surface area contributed by atoms with Gasteiger partial charge in [-0.25, -0.2) is 4.99 Å². The number of allylic oxidation sites excluding steroid dienone is 1. The standard InChI is InChI=1S/C13H17N3/c1-4-9-15-13(10(2)3)16-12-7-5-11(14)6-8-12/h4-9H,2,14H2,1,3H3,(H,15,16)/b9-4-. The zero-order chi connectivity index (χ0) is 12.0. The first-order valence-corrected chi connectivity index (χ1v) is 5.11. The summed E-state index contributed by atoms with van der Waals surface area (Å²) in [6.45, 7) is 7.70. The van der Waals surface area contributed by atoms with Gasteiger partial charge in [0, 0.05) is 17.6 Å². The van der Waals surface area contributed by atoms with Crippen molar-refractivity contribution in [2.45, 2.75) is 13.8 Å². The fourth-order valence-electron chi connectivity index (χ4n) is 1.10. The molecule has 0 saturated heterocycles. The van der Waals surface area contributed by atoms with Crippen molar-refractivity contribution in [3.05, 3.63) is 48.7 Å². The van der Waals surface area contributed by atoms with Crippen molar-refractivity contribution in [1.29, 1.82) is 0 Å². The largest absolute Gasteiger partial charge is 0.399 e. The minimum Gasteiger partial charge on any atom is -0.399 e. The maximum absolute atomic E-state index is 5.61. The van der Waals surface area contributed by atoms with E-state index < -0.39 is 0 Å². The van der Waals surface area contributed by atoms with Gasteiger partial charge in [-0.2, -0.15) is 0 Å². The lowest BCUT2D eigenvalue weighted by molar-refractivity contribution is 1.45. The van der Waals surface area contributed by atoms with Gasteiger partial charge in [0.05, 0.1) is 0 Å². The number of nitrogens with one attached hydrogen (secondary N) is 1. The molecule has 0 unspecified atom stereocenters. The molecule has 0 aliphatic heterocycles. The summed E-state index contributed by atoms with van der Waals surface area (Å²) >= 11 is 0. The average Bonchev–Trinajstić information content (AvgIpc) is 2.26. The van der Waals surface area contributed by atoms with Gasteiger partial charge in [-0.05, 0) is 43.7 Å². The molecule has 0 amide bonds. The fourth-order valence-corrected chi connectivity index (χ4v) is 1.10. The summed E-state index contributed by atoms with van der Waals surface area (Å²) in [6.07, 6.45) is 3.60. The highest BCUT2D eigenvalue weighted by Gasteiger charge is 1.99. The number of nitrogens with zero attached hydrogens (tertiary/aromatic N) is 1. The van der Waals surface area contributed by atoms with Gasteiger partial charge in [-0.15, -0.1) is 0 Å². The van der Waals surface area contributed by atoms with Gasteiger partial charge in [0.15, 0.2) is 0 Å². The monoisotopic (exact) mass is 215 g/mol.